The van der Waals surface area contributed by atoms with Crippen LogP contribution in [0.3, 0.4) is 0 Å². The van der Waals surface area contributed by atoms with Gasteiger partial charge in [0.25, 0.3) is 0 Å². The van der Waals surface area contributed by atoms with Gasteiger partial charge in [-0.3, -0.25) is 0 Å². The van der Waals surface area contributed by atoms with Gasteiger partial charge in [0.15, 0.2) is 0 Å². The van der Waals surface area contributed by atoms with Crippen molar-refractivity contribution in [2.24, 2.45) is 0 Å². The molecule has 1 aromatic rings. The molecule has 0 bridgehead atoms. The molecular formula is C16H24OS. The summed E-state index contributed by atoms with van der Waals surface area (Å²) in [4.78, 5) is 1.30. The summed E-state index contributed by atoms with van der Waals surface area (Å²) in [5, 5.41) is 10.4. The zero-order valence-electron chi connectivity index (χ0n) is 11.6. The average molecular weight is 264 g/mol. The van der Waals surface area contributed by atoms with E-state index in [2.05, 4.69) is 45.0 Å². The number of thioether (sulfide) groups is 1. The van der Waals surface area contributed by atoms with E-state index in [4.69, 9.17) is 0 Å². The maximum Gasteiger partial charge on any atom is 0.0662 e. The molecule has 0 saturated heterocycles. The smallest absolute Gasteiger partial charge is 0.0662 e. The lowest BCUT2D eigenvalue weighted by Gasteiger charge is -2.27. The molecule has 0 aromatic heterocycles. The highest BCUT2D eigenvalue weighted by Crippen LogP contribution is 2.35. The molecule has 18 heavy (non-hydrogen) atoms. The lowest BCUT2D eigenvalue weighted by Crippen LogP contribution is -2.26. The summed E-state index contributed by atoms with van der Waals surface area (Å²) in [6.45, 7) is 6.73. The largest absolute Gasteiger partial charge is 0.392 e. The van der Waals surface area contributed by atoms with Crippen molar-refractivity contribution in [1.82, 2.24) is 0 Å². The summed E-state index contributed by atoms with van der Waals surface area (Å²) in [6.07, 6.45) is 4.43. The number of aliphatic hydroxyl groups is 1. The fraction of sp³-hybridized carbons (Fsp3) is 0.625. The zero-order chi connectivity index (χ0) is 13.2. The third-order valence-electron chi connectivity index (χ3n) is 3.66. The minimum Gasteiger partial charge on any atom is -0.392 e. The van der Waals surface area contributed by atoms with E-state index < -0.39 is 0 Å². The lowest BCUT2D eigenvalue weighted by atomic mass is 9.87. The van der Waals surface area contributed by atoms with Crippen LogP contribution in [0.25, 0.3) is 0 Å². The van der Waals surface area contributed by atoms with Crippen LogP contribution in [0.1, 0.15) is 52.0 Å². The Bertz CT molecular complexity index is 394. The Morgan fingerprint density at radius 2 is 1.89 bits per heavy atom. The van der Waals surface area contributed by atoms with Crippen LogP contribution in [0.2, 0.25) is 0 Å². The van der Waals surface area contributed by atoms with E-state index in [0.717, 1.165) is 12.8 Å². The van der Waals surface area contributed by atoms with Crippen LogP contribution >= 0.6 is 11.8 Å². The molecule has 2 heteroatoms. The van der Waals surface area contributed by atoms with E-state index in [-0.39, 0.29) is 11.5 Å². The predicted octanol–water partition coefficient (Wildman–Crippen LogP) is 4.38. The van der Waals surface area contributed by atoms with Gasteiger partial charge < -0.3 is 5.11 Å². The predicted molar refractivity (Wildman–Crippen MR) is 79.3 cm³/mol. The molecule has 1 nitrogen and oxygen atoms in total. The first-order valence-corrected chi connectivity index (χ1v) is 7.80. The molecule has 0 unspecified atom stereocenters. The van der Waals surface area contributed by atoms with Crippen molar-refractivity contribution in [3.63, 3.8) is 0 Å². The van der Waals surface area contributed by atoms with Crippen molar-refractivity contribution in [2.45, 2.75) is 68.1 Å². The molecule has 1 saturated carbocycles. The van der Waals surface area contributed by atoms with Gasteiger partial charge in [0.05, 0.1) is 6.10 Å². The summed E-state index contributed by atoms with van der Waals surface area (Å²) in [6, 6.07) is 8.78. The number of rotatable bonds is 2. The van der Waals surface area contributed by atoms with Gasteiger partial charge >= 0.3 is 0 Å². The van der Waals surface area contributed by atoms with E-state index in [1.807, 2.05) is 11.8 Å². The van der Waals surface area contributed by atoms with Gasteiger partial charge in [0, 0.05) is 10.1 Å². The van der Waals surface area contributed by atoms with Gasteiger partial charge in [-0.2, -0.15) is 0 Å². The highest BCUT2D eigenvalue weighted by Gasteiger charge is 2.24. The minimum absolute atomic E-state index is 0.123. The fourth-order valence-corrected chi connectivity index (χ4v) is 3.70. The van der Waals surface area contributed by atoms with Crippen LogP contribution in [-0.2, 0) is 5.41 Å². The fourth-order valence-electron chi connectivity index (χ4n) is 2.43. The molecular weight excluding hydrogens is 240 g/mol. The number of hydrogen-bond acceptors (Lipinski definition) is 2. The molecule has 0 radical (unpaired) electrons. The van der Waals surface area contributed by atoms with Crippen molar-refractivity contribution in [3.8, 4) is 0 Å². The van der Waals surface area contributed by atoms with Gasteiger partial charge in [-0.1, -0.05) is 45.7 Å². The summed E-state index contributed by atoms with van der Waals surface area (Å²) < 4.78 is 0. The second kappa shape index (κ2) is 5.66. The summed E-state index contributed by atoms with van der Waals surface area (Å²) in [7, 11) is 0. The summed E-state index contributed by atoms with van der Waals surface area (Å²) in [5.74, 6) is 0. The molecule has 0 heterocycles. The van der Waals surface area contributed by atoms with Gasteiger partial charge in [0.2, 0.25) is 0 Å². The molecule has 1 aliphatic rings. The average Bonchev–Trinajstić information content (AvgIpc) is 2.31. The monoisotopic (exact) mass is 264 g/mol. The molecule has 0 aliphatic heterocycles. The molecule has 1 aromatic carbocycles. The second-order valence-electron chi connectivity index (χ2n) is 6.29. The Morgan fingerprint density at radius 3 is 2.56 bits per heavy atom. The first kappa shape index (κ1) is 14.0. The van der Waals surface area contributed by atoms with Crippen LogP contribution < -0.4 is 0 Å². The first-order valence-electron chi connectivity index (χ1n) is 6.92. The molecule has 1 fully saturated rings. The topological polar surface area (TPSA) is 20.2 Å². The Kier molecular flexibility index (Phi) is 4.39. The molecule has 0 amide bonds. The summed E-state index contributed by atoms with van der Waals surface area (Å²) in [5.41, 5.74) is 1.57. The highest BCUT2D eigenvalue weighted by atomic mass is 32.2. The van der Waals surface area contributed by atoms with E-state index in [0.29, 0.717) is 5.25 Å². The van der Waals surface area contributed by atoms with E-state index in [9.17, 15) is 5.11 Å². The first-order chi connectivity index (χ1) is 8.47. The van der Waals surface area contributed by atoms with Crippen LogP contribution in [0, 0.1) is 0 Å². The van der Waals surface area contributed by atoms with Crippen LogP contribution in [-0.4, -0.2) is 16.5 Å². The van der Waals surface area contributed by atoms with Crippen molar-refractivity contribution < 1.29 is 5.11 Å². The van der Waals surface area contributed by atoms with Crippen molar-refractivity contribution >= 4 is 11.8 Å². The van der Waals surface area contributed by atoms with Crippen molar-refractivity contribution in [3.05, 3.63) is 29.8 Å². The number of hydrogen-bond donors (Lipinski definition) is 1. The van der Waals surface area contributed by atoms with Gasteiger partial charge in [-0.05, 0) is 36.0 Å². The van der Waals surface area contributed by atoms with E-state index in [1.165, 1.54) is 23.3 Å². The van der Waals surface area contributed by atoms with Crippen molar-refractivity contribution in [2.75, 3.05) is 0 Å². The molecule has 1 aliphatic carbocycles. The zero-order valence-corrected chi connectivity index (χ0v) is 12.5. The maximum atomic E-state index is 10.0. The molecule has 2 atom stereocenters. The summed E-state index contributed by atoms with van der Waals surface area (Å²) >= 11 is 1.85. The van der Waals surface area contributed by atoms with E-state index in [1.54, 1.807) is 0 Å². The molecule has 2 rings (SSSR count). The third-order valence-corrected chi connectivity index (χ3v) is 5.03. The van der Waals surface area contributed by atoms with Gasteiger partial charge in [-0.25, -0.2) is 0 Å². The van der Waals surface area contributed by atoms with E-state index >= 15 is 0 Å². The Balaban J connectivity index is 2.09. The van der Waals surface area contributed by atoms with Crippen LogP contribution in [0.4, 0.5) is 0 Å². The second-order valence-corrected chi connectivity index (χ2v) is 7.60. The van der Waals surface area contributed by atoms with Gasteiger partial charge in [0.1, 0.15) is 0 Å². The van der Waals surface area contributed by atoms with Crippen LogP contribution in [0.5, 0.6) is 0 Å². The molecule has 1 N–H and O–H groups in total. The SMILES string of the molecule is CC(C)(C)c1cccc(S[C@H]2CCCC[C@@H]2O)c1. The van der Waals surface area contributed by atoms with Crippen LogP contribution in [0.15, 0.2) is 29.2 Å². The lowest BCUT2D eigenvalue weighted by molar-refractivity contribution is 0.137. The molecule has 0 spiro atoms. The van der Waals surface area contributed by atoms with Crippen molar-refractivity contribution in [1.29, 1.82) is 0 Å². The third kappa shape index (κ3) is 3.52. The number of aliphatic hydroxyl groups excluding tert-OH is 1. The maximum absolute atomic E-state index is 10.0. The minimum atomic E-state index is -0.123. The Morgan fingerprint density at radius 1 is 1.17 bits per heavy atom. The highest BCUT2D eigenvalue weighted by molar-refractivity contribution is 8.00. The normalized spacial score (nSPS) is 25.1. The standard InChI is InChI=1S/C16H24OS/c1-16(2,3)12-7-6-8-13(11-12)18-15-10-5-4-9-14(15)17/h6-8,11,14-15,17H,4-5,9-10H2,1-3H3/t14-,15-/m0/s1. The van der Waals surface area contributed by atoms with Gasteiger partial charge in [-0.15, -0.1) is 11.8 Å². The Hall–Kier alpha value is -0.470. The number of benzene rings is 1. The quantitative estimate of drug-likeness (QED) is 0.855. The Labute approximate surface area is 115 Å². The molecule has 100 valence electrons.